The smallest absolute Gasteiger partial charge is 0.232 e. The van der Waals surface area contributed by atoms with Gasteiger partial charge in [0.1, 0.15) is 0 Å². The molecule has 1 N–H and O–H groups in total. The fourth-order valence-electron chi connectivity index (χ4n) is 1.41. The van der Waals surface area contributed by atoms with E-state index in [1.807, 2.05) is 4.90 Å². The van der Waals surface area contributed by atoms with Gasteiger partial charge in [0.25, 0.3) is 0 Å². The predicted octanol–water partition coefficient (Wildman–Crippen LogP) is -0.287. The second-order valence-electron chi connectivity index (χ2n) is 3.99. The van der Waals surface area contributed by atoms with Crippen molar-refractivity contribution in [3.63, 3.8) is 0 Å². The molecule has 1 fully saturated rings. The Balaban J connectivity index is 2.07. The van der Waals surface area contributed by atoms with Crippen LogP contribution in [0.15, 0.2) is 0 Å². The van der Waals surface area contributed by atoms with E-state index < -0.39 is 0 Å². The number of carbonyl (C=O) groups is 1. The van der Waals surface area contributed by atoms with Crippen molar-refractivity contribution in [2.24, 2.45) is 0 Å². The minimum absolute atomic E-state index is 0.292. The van der Waals surface area contributed by atoms with Crippen LogP contribution in [-0.2, 0) is 4.79 Å². The second kappa shape index (κ2) is 7.09. The van der Waals surface area contributed by atoms with Crippen molar-refractivity contribution in [2.45, 2.75) is 0 Å². The average Bonchev–Trinajstić information content (AvgIpc) is 2.25. The van der Waals surface area contributed by atoms with Gasteiger partial charge >= 0.3 is 0 Å². The molecule has 0 aromatic carbocycles. The van der Waals surface area contributed by atoms with Gasteiger partial charge in [-0.3, -0.25) is 4.79 Å². The van der Waals surface area contributed by atoms with Gasteiger partial charge in [-0.25, -0.2) is 0 Å². The van der Waals surface area contributed by atoms with Crippen molar-refractivity contribution in [1.29, 1.82) is 0 Å². The molecule has 4 nitrogen and oxygen atoms in total. The molecule has 0 bridgehead atoms. The summed E-state index contributed by atoms with van der Waals surface area (Å²) in [5.41, 5.74) is 0. The number of hydrogen-bond acceptors (Lipinski definition) is 4. The molecule has 0 spiro atoms. The average molecular weight is 231 g/mol. The summed E-state index contributed by atoms with van der Waals surface area (Å²) in [6.07, 6.45) is 0. The quantitative estimate of drug-likeness (QED) is 0.660. The Kier molecular flexibility index (Phi) is 6.05. The maximum atomic E-state index is 11.7. The lowest BCUT2D eigenvalue weighted by Crippen LogP contribution is -2.47. The number of piperazine rings is 1. The third kappa shape index (κ3) is 5.39. The topological polar surface area (TPSA) is 35.6 Å². The van der Waals surface area contributed by atoms with E-state index in [2.05, 4.69) is 24.3 Å². The van der Waals surface area contributed by atoms with Gasteiger partial charge in [-0.05, 0) is 14.1 Å². The molecule has 0 unspecified atom stereocenters. The highest BCUT2D eigenvalue weighted by molar-refractivity contribution is 7.99. The zero-order valence-electron chi connectivity index (χ0n) is 9.66. The van der Waals surface area contributed by atoms with Gasteiger partial charge in [0.2, 0.25) is 5.91 Å². The number of nitrogens with one attached hydrogen (secondary N) is 1. The Bertz CT molecular complexity index is 193. The summed E-state index contributed by atoms with van der Waals surface area (Å²) < 4.78 is 0. The number of hydrogen-bond donors (Lipinski definition) is 1. The van der Waals surface area contributed by atoms with Crippen LogP contribution in [0.25, 0.3) is 0 Å². The van der Waals surface area contributed by atoms with E-state index in [4.69, 9.17) is 0 Å². The summed E-state index contributed by atoms with van der Waals surface area (Å²) in [6.45, 7) is 4.65. The molecule has 0 radical (unpaired) electrons. The third-order valence-electron chi connectivity index (χ3n) is 2.38. The van der Waals surface area contributed by atoms with Crippen LogP contribution in [0.1, 0.15) is 0 Å². The van der Waals surface area contributed by atoms with Gasteiger partial charge in [0, 0.05) is 38.5 Å². The lowest BCUT2D eigenvalue weighted by Gasteiger charge is -2.27. The van der Waals surface area contributed by atoms with Crippen molar-refractivity contribution in [3.8, 4) is 0 Å². The predicted molar refractivity (Wildman–Crippen MR) is 65.3 cm³/mol. The first kappa shape index (κ1) is 12.8. The van der Waals surface area contributed by atoms with E-state index in [-0.39, 0.29) is 0 Å². The van der Waals surface area contributed by atoms with E-state index in [1.54, 1.807) is 11.8 Å². The highest BCUT2D eigenvalue weighted by Crippen LogP contribution is 2.03. The van der Waals surface area contributed by atoms with Gasteiger partial charge in [-0.15, -0.1) is 0 Å². The van der Waals surface area contributed by atoms with E-state index in [0.717, 1.165) is 38.5 Å². The van der Waals surface area contributed by atoms with Crippen molar-refractivity contribution in [2.75, 3.05) is 58.3 Å². The SMILES string of the molecule is CN(C)CCSCC(=O)N1CCNCC1. The fourth-order valence-corrected chi connectivity index (χ4v) is 2.41. The van der Waals surface area contributed by atoms with Crippen LogP contribution in [0.2, 0.25) is 0 Å². The lowest BCUT2D eigenvalue weighted by atomic mass is 10.3. The molecule has 15 heavy (non-hydrogen) atoms. The summed E-state index contributed by atoms with van der Waals surface area (Å²) in [5.74, 6) is 1.96. The summed E-state index contributed by atoms with van der Waals surface area (Å²) in [6, 6.07) is 0. The number of nitrogens with zero attached hydrogens (tertiary/aromatic N) is 2. The van der Waals surface area contributed by atoms with Crippen molar-refractivity contribution in [3.05, 3.63) is 0 Å². The zero-order valence-corrected chi connectivity index (χ0v) is 10.5. The van der Waals surface area contributed by atoms with Crippen LogP contribution < -0.4 is 5.32 Å². The molecule has 0 aromatic rings. The normalized spacial score (nSPS) is 17.1. The molecule has 5 heteroatoms. The highest BCUT2D eigenvalue weighted by Gasteiger charge is 2.15. The van der Waals surface area contributed by atoms with E-state index >= 15 is 0 Å². The van der Waals surface area contributed by atoms with Crippen molar-refractivity contribution < 1.29 is 4.79 Å². The number of thioether (sulfide) groups is 1. The molecule has 0 atom stereocenters. The van der Waals surface area contributed by atoms with E-state index in [1.165, 1.54) is 0 Å². The number of carbonyl (C=O) groups excluding carboxylic acids is 1. The van der Waals surface area contributed by atoms with Gasteiger partial charge < -0.3 is 15.1 Å². The van der Waals surface area contributed by atoms with Crippen LogP contribution in [0.4, 0.5) is 0 Å². The molecule has 1 aliphatic rings. The molecule has 1 aliphatic heterocycles. The van der Waals surface area contributed by atoms with E-state index in [0.29, 0.717) is 11.7 Å². The van der Waals surface area contributed by atoms with E-state index in [9.17, 15) is 4.79 Å². The van der Waals surface area contributed by atoms with Crippen LogP contribution in [-0.4, -0.2) is 74.0 Å². The Morgan fingerprint density at radius 1 is 1.40 bits per heavy atom. The minimum atomic E-state index is 0.292. The molecule has 0 aromatic heterocycles. The Labute approximate surface area is 96.4 Å². The summed E-state index contributed by atoms with van der Waals surface area (Å²) >= 11 is 1.73. The van der Waals surface area contributed by atoms with Crippen molar-refractivity contribution in [1.82, 2.24) is 15.1 Å². The minimum Gasteiger partial charge on any atom is -0.339 e. The first-order valence-electron chi connectivity index (χ1n) is 5.41. The second-order valence-corrected chi connectivity index (χ2v) is 5.09. The maximum Gasteiger partial charge on any atom is 0.232 e. The van der Waals surface area contributed by atoms with Crippen LogP contribution in [0.3, 0.4) is 0 Å². The standard InChI is InChI=1S/C10H21N3OS/c1-12(2)7-8-15-9-10(14)13-5-3-11-4-6-13/h11H,3-9H2,1-2H3. The number of rotatable bonds is 5. The summed E-state index contributed by atoms with van der Waals surface area (Å²) in [7, 11) is 4.11. The fraction of sp³-hybridized carbons (Fsp3) is 0.900. The molecule has 0 saturated carbocycles. The zero-order chi connectivity index (χ0) is 11.1. The molecule has 1 amide bonds. The summed E-state index contributed by atoms with van der Waals surface area (Å²) in [4.78, 5) is 15.8. The summed E-state index contributed by atoms with van der Waals surface area (Å²) in [5, 5.41) is 3.24. The Morgan fingerprint density at radius 2 is 2.07 bits per heavy atom. The third-order valence-corrected chi connectivity index (χ3v) is 3.30. The highest BCUT2D eigenvalue weighted by atomic mass is 32.2. The Hall–Kier alpha value is -0.260. The molecular weight excluding hydrogens is 210 g/mol. The molecular formula is C10H21N3OS. The molecule has 88 valence electrons. The van der Waals surface area contributed by atoms with Crippen LogP contribution in [0.5, 0.6) is 0 Å². The first-order chi connectivity index (χ1) is 7.20. The van der Waals surface area contributed by atoms with Gasteiger partial charge in [-0.1, -0.05) is 0 Å². The van der Waals surface area contributed by atoms with Crippen LogP contribution in [0, 0.1) is 0 Å². The van der Waals surface area contributed by atoms with Gasteiger partial charge in [0.05, 0.1) is 5.75 Å². The molecule has 1 rings (SSSR count). The largest absolute Gasteiger partial charge is 0.339 e. The Morgan fingerprint density at radius 3 is 2.67 bits per heavy atom. The van der Waals surface area contributed by atoms with Gasteiger partial charge in [-0.2, -0.15) is 11.8 Å². The first-order valence-corrected chi connectivity index (χ1v) is 6.56. The molecule has 0 aliphatic carbocycles. The monoisotopic (exact) mass is 231 g/mol. The van der Waals surface area contributed by atoms with Crippen molar-refractivity contribution >= 4 is 17.7 Å². The lowest BCUT2D eigenvalue weighted by molar-refractivity contribution is -0.128. The maximum absolute atomic E-state index is 11.7. The van der Waals surface area contributed by atoms with Crippen LogP contribution >= 0.6 is 11.8 Å². The molecule has 1 saturated heterocycles. The number of amides is 1. The van der Waals surface area contributed by atoms with Gasteiger partial charge in [0.15, 0.2) is 0 Å². The molecule has 1 heterocycles.